The van der Waals surface area contributed by atoms with Crippen molar-refractivity contribution < 1.29 is 9.53 Å². The SMILES string of the molecule is CCOc1ccccc1NC(=O)C1CC(C)CCC1C(C)C. The minimum Gasteiger partial charge on any atom is -0.492 e. The van der Waals surface area contributed by atoms with Crippen molar-refractivity contribution in [1.82, 2.24) is 0 Å². The predicted octanol–water partition coefficient (Wildman–Crippen LogP) is 4.73. The monoisotopic (exact) mass is 303 g/mol. The van der Waals surface area contributed by atoms with E-state index >= 15 is 0 Å². The summed E-state index contributed by atoms with van der Waals surface area (Å²) in [7, 11) is 0. The Morgan fingerprint density at radius 1 is 1.32 bits per heavy atom. The van der Waals surface area contributed by atoms with E-state index in [4.69, 9.17) is 4.74 Å². The fourth-order valence-electron chi connectivity index (χ4n) is 3.58. The quantitative estimate of drug-likeness (QED) is 0.853. The highest BCUT2D eigenvalue weighted by molar-refractivity contribution is 5.94. The summed E-state index contributed by atoms with van der Waals surface area (Å²) in [5.74, 6) is 2.67. The maximum Gasteiger partial charge on any atom is 0.227 e. The van der Waals surface area contributed by atoms with Crippen LogP contribution in [0.4, 0.5) is 5.69 Å². The summed E-state index contributed by atoms with van der Waals surface area (Å²) in [5.41, 5.74) is 0.787. The Balaban J connectivity index is 2.13. The van der Waals surface area contributed by atoms with E-state index in [1.165, 1.54) is 6.42 Å². The summed E-state index contributed by atoms with van der Waals surface area (Å²) < 4.78 is 5.61. The van der Waals surface area contributed by atoms with Gasteiger partial charge in [0.25, 0.3) is 0 Å². The molecule has 122 valence electrons. The standard InChI is InChI=1S/C19H29NO2/c1-5-22-18-9-7-6-8-17(18)20-19(21)16-12-14(4)10-11-15(16)13(2)3/h6-9,13-16H,5,10-12H2,1-4H3,(H,20,21). The molecule has 3 heteroatoms. The van der Waals surface area contributed by atoms with Gasteiger partial charge in [-0.3, -0.25) is 4.79 Å². The smallest absolute Gasteiger partial charge is 0.227 e. The zero-order chi connectivity index (χ0) is 16.1. The third kappa shape index (κ3) is 4.02. The van der Waals surface area contributed by atoms with Crippen molar-refractivity contribution in [3.63, 3.8) is 0 Å². The van der Waals surface area contributed by atoms with Gasteiger partial charge in [-0.15, -0.1) is 0 Å². The molecule has 1 fully saturated rings. The van der Waals surface area contributed by atoms with Gasteiger partial charge in [-0.2, -0.15) is 0 Å². The Morgan fingerprint density at radius 3 is 2.73 bits per heavy atom. The van der Waals surface area contributed by atoms with Gasteiger partial charge in [0.15, 0.2) is 0 Å². The molecule has 2 rings (SSSR count). The Kier molecular flexibility index (Phi) is 5.87. The second-order valence-electron chi connectivity index (χ2n) is 6.85. The molecule has 1 aliphatic rings. The number of benzene rings is 1. The van der Waals surface area contributed by atoms with Crippen molar-refractivity contribution >= 4 is 11.6 Å². The van der Waals surface area contributed by atoms with Crippen LogP contribution in [-0.4, -0.2) is 12.5 Å². The molecule has 3 unspecified atom stereocenters. The zero-order valence-electron chi connectivity index (χ0n) is 14.3. The van der Waals surface area contributed by atoms with Gasteiger partial charge in [0, 0.05) is 5.92 Å². The van der Waals surface area contributed by atoms with Crippen LogP contribution in [0.25, 0.3) is 0 Å². The maximum atomic E-state index is 12.8. The molecular weight excluding hydrogens is 274 g/mol. The van der Waals surface area contributed by atoms with Crippen LogP contribution in [0.3, 0.4) is 0 Å². The summed E-state index contributed by atoms with van der Waals surface area (Å²) in [6.45, 7) is 9.27. The first-order valence-corrected chi connectivity index (χ1v) is 8.55. The number of hydrogen-bond acceptors (Lipinski definition) is 2. The molecule has 0 saturated heterocycles. The predicted molar refractivity (Wildman–Crippen MR) is 91.1 cm³/mol. The Hall–Kier alpha value is -1.51. The second kappa shape index (κ2) is 7.66. The summed E-state index contributed by atoms with van der Waals surface area (Å²) in [6.07, 6.45) is 3.39. The maximum absolute atomic E-state index is 12.8. The van der Waals surface area contributed by atoms with Gasteiger partial charge in [0.05, 0.1) is 12.3 Å². The van der Waals surface area contributed by atoms with Crippen molar-refractivity contribution in [2.24, 2.45) is 23.7 Å². The summed E-state index contributed by atoms with van der Waals surface area (Å²) in [5, 5.41) is 3.11. The number of carbonyl (C=O) groups excluding carboxylic acids is 1. The van der Waals surface area contributed by atoms with E-state index < -0.39 is 0 Å². The summed E-state index contributed by atoms with van der Waals surface area (Å²) in [4.78, 5) is 12.8. The molecule has 1 aromatic rings. The molecule has 1 aromatic carbocycles. The minimum absolute atomic E-state index is 0.110. The third-order valence-electron chi connectivity index (χ3n) is 4.80. The zero-order valence-corrected chi connectivity index (χ0v) is 14.3. The Bertz CT molecular complexity index is 498. The number of amides is 1. The molecule has 0 heterocycles. The summed E-state index contributed by atoms with van der Waals surface area (Å²) >= 11 is 0. The number of anilines is 1. The average Bonchev–Trinajstić information content (AvgIpc) is 2.49. The van der Waals surface area contributed by atoms with Gasteiger partial charge in [-0.25, -0.2) is 0 Å². The molecule has 1 saturated carbocycles. The molecule has 3 atom stereocenters. The lowest BCUT2D eigenvalue weighted by molar-refractivity contribution is -0.124. The van der Waals surface area contributed by atoms with Crippen LogP contribution < -0.4 is 10.1 Å². The fourth-order valence-corrected chi connectivity index (χ4v) is 3.58. The highest BCUT2D eigenvalue weighted by Gasteiger charge is 2.35. The molecule has 0 spiro atoms. The molecule has 0 radical (unpaired) electrons. The first-order chi connectivity index (χ1) is 10.5. The molecular formula is C19H29NO2. The number of para-hydroxylation sites is 2. The lowest BCUT2D eigenvalue weighted by Crippen LogP contribution is -2.36. The van der Waals surface area contributed by atoms with Crippen LogP contribution in [-0.2, 0) is 4.79 Å². The lowest BCUT2D eigenvalue weighted by Gasteiger charge is -2.36. The van der Waals surface area contributed by atoms with E-state index in [1.54, 1.807) is 0 Å². The van der Waals surface area contributed by atoms with E-state index in [1.807, 2.05) is 31.2 Å². The van der Waals surface area contributed by atoms with Crippen LogP contribution in [0, 0.1) is 23.7 Å². The molecule has 22 heavy (non-hydrogen) atoms. The highest BCUT2D eigenvalue weighted by Crippen LogP contribution is 2.39. The van der Waals surface area contributed by atoms with Crippen molar-refractivity contribution in [2.75, 3.05) is 11.9 Å². The first-order valence-electron chi connectivity index (χ1n) is 8.55. The van der Waals surface area contributed by atoms with E-state index in [-0.39, 0.29) is 11.8 Å². The van der Waals surface area contributed by atoms with Gasteiger partial charge in [-0.1, -0.05) is 39.3 Å². The molecule has 1 aliphatic carbocycles. The van der Waals surface area contributed by atoms with E-state index in [2.05, 4.69) is 26.1 Å². The van der Waals surface area contributed by atoms with Crippen molar-refractivity contribution in [1.29, 1.82) is 0 Å². The van der Waals surface area contributed by atoms with E-state index in [9.17, 15) is 4.79 Å². The number of carbonyl (C=O) groups is 1. The van der Waals surface area contributed by atoms with Crippen LogP contribution in [0.5, 0.6) is 5.75 Å². The second-order valence-corrected chi connectivity index (χ2v) is 6.85. The van der Waals surface area contributed by atoms with Crippen molar-refractivity contribution in [2.45, 2.75) is 47.0 Å². The normalized spacial score (nSPS) is 25.0. The summed E-state index contributed by atoms with van der Waals surface area (Å²) in [6, 6.07) is 7.68. The molecule has 1 N–H and O–H groups in total. The van der Waals surface area contributed by atoms with Crippen molar-refractivity contribution in [3.05, 3.63) is 24.3 Å². The fraction of sp³-hybridized carbons (Fsp3) is 0.632. The van der Waals surface area contributed by atoms with Crippen LogP contribution in [0.15, 0.2) is 24.3 Å². The van der Waals surface area contributed by atoms with Crippen LogP contribution in [0.1, 0.15) is 47.0 Å². The van der Waals surface area contributed by atoms with Gasteiger partial charge in [0.2, 0.25) is 5.91 Å². The third-order valence-corrected chi connectivity index (χ3v) is 4.80. The van der Waals surface area contributed by atoms with Crippen molar-refractivity contribution in [3.8, 4) is 5.75 Å². The highest BCUT2D eigenvalue weighted by atomic mass is 16.5. The average molecular weight is 303 g/mol. The van der Waals surface area contributed by atoms with E-state index in [0.717, 1.165) is 24.3 Å². The first kappa shape index (κ1) is 16.9. The molecule has 0 aromatic heterocycles. The minimum atomic E-state index is 0.110. The van der Waals surface area contributed by atoms with E-state index in [0.29, 0.717) is 24.4 Å². The van der Waals surface area contributed by atoms with Gasteiger partial charge >= 0.3 is 0 Å². The molecule has 0 aliphatic heterocycles. The lowest BCUT2D eigenvalue weighted by atomic mass is 9.70. The Morgan fingerprint density at radius 2 is 2.05 bits per heavy atom. The topological polar surface area (TPSA) is 38.3 Å². The number of rotatable bonds is 5. The largest absolute Gasteiger partial charge is 0.492 e. The number of hydrogen-bond donors (Lipinski definition) is 1. The van der Waals surface area contributed by atoms with Crippen LogP contribution >= 0.6 is 0 Å². The molecule has 3 nitrogen and oxygen atoms in total. The number of ether oxygens (including phenoxy) is 1. The Labute approximate surface area is 134 Å². The number of nitrogens with one attached hydrogen (secondary N) is 1. The van der Waals surface area contributed by atoms with Gasteiger partial charge in [-0.05, 0) is 49.7 Å². The van der Waals surface area contributed by atoms with Gasteiger partial charge < -0.3 is 10.1 Å². The van der Waals surface area contributed by atoms with Crippen LogP contribution in [0.2, 0.25) is 0 Å². The molecule has 1 amide bonds. The molecule has 0 bridgehead atoms. The van der Waals surface area contributed by atoms with Gasteiger partial charge in [0.1, 0.15) is 5.75 Å².